The lowest BCUT2D eigenvalue weighted by atomic mass is 10.0. The van der Waals surface area contributed by atoms with Gasteiger partial charge in [0.05, 0.1) is 11.0 Å². The summed E-state index contributed by atoms with van der Waals surface area (Å²) in [5.74, 6) is 0. The van der Waals surface area contributed by atoms with E-state index < -0.39 is 0 Å². The molecule has 1 aliphatic rings. The second kappa shape index (κ2) is 10.6. The van der Waals surface area contributed by atoms with E-state index >= 15 is 0 Å². The zero-order valence-corrected chi connectivity index (χ0v) is 20.9. The van der Waals surface area contributed by atoms with Crippen molar-refractivity contribution < 1.29 is 0 Å². The molecule has 1 N–H and O–H groups in total. The minimum absolute atomic E-state index is 0.0259. The molecule has 0 aliphatic carbocycles. The molecular weight excluding hydrogens is 432 g/mol. The van der Waals surface area contributed by atoms with Crippen LogP contribution in [0.1, 0.15) is 42.5 Å². The highest BCUT2D eigenvalue weighted by Crippen LogP contribution is 2.27. The fraction of sp³-hybridized carbons (Fsp3) is 0.367. The molecule has 5 nitrogen and oxygen atoms in total. The van der Waals surface area contributed by atoms with Gasteiger partial charge in [-0.3, -0.25) is 9.47 Å². The highest BCUT2D eigenvalue weighted by atomic mass is 16.1. The standard InChI is InChI=1S/C30H36N4O/c1-23-10-9-15-28-29(23)34(30(35)31-28)27-16-18-32(19-17-27)20-24(2)33(21-25-11-5-3-6-12-25)22-26-13-7-4-8-14-26/h3-15,24,27H,16-22H2,1-2H3,(H,31,35)/t24-/m0/s1. The Labute approximate surface area is 208 Å². The van der Waals surface area contributed by atoms with Gasteiger partial charge in [-0.05, 0) is 49.4 Å². The molecule has 0 unspecified atom stereocenters. The number of hydrogen-bond acceptors (Lipinski definition) is 3. The number of likely N-dealkylation sites (tertiary alicyclic amines) is 1. The van der Waals surface area contributed by atoms with Gasteiger partial charge in [0.25, 0.3) is 0 Å². The Balaban J connectivity index is 1.25. The summed E-state index contributed by atoms with van der Waals surface area (Å²) >= 11 is 0. The summed E-state index contributed by atoms with van der Waals surface area (Å²) in [4.78, 5) is 21.0. The van der Waals surface area contributed by atoms with Crippen LogP contribution in [0.15, 0.2) is 83.7 Å². The number of hydrogen-bond donors (Lipinski definition) is 1. The molecule has 1 fully saturated rings. The Kier molecular flexibility index (Phi) is 7.16. The van der Waals surface area contributed by atoms with Crippen LogP contribution in [0, 0.1) is 6.92 Å². The van der Waals surface area contributed by atoms with Gasteiger partial charge < -0.3 is 9.88 Å². The van der Waals surface area contributed by atoms with E-state index in [1.54, 1.807) is 0 Å². The highest BCUT2D eigenvalue weighted by molar-refractivity contribution is 5.78. The predicted molar refractivity (Wildman–Crippen MR) is 144 cm³/mol. The van der Waals surface area contributed by atoms with E-state index in [-0.39, 0.29) is 11.7 Å². The monoisotopic (exact) mass is 468 g/mol. The summed E-state index contributed by atoms with van der Waals surface area (Å²) in [5.41, 5.74) is 5.91. The molecular formula is C30H36N4O. The van der Waals surface area contributed by atoms with Gasteiger partial charge in [-0.2, -0.15) is 0 Å². The van der Waals surface area contributed by atoms with Crippen molar-refractivity contribution in [3.8, 4) is 0 Å². The summed E-state index contributed by atoms with van der Waals surface area (Å²) in [6.45, 7) is 9.40. The van der Waals surface area contributed by atoms with E-state index in [0.29, 0.717) is 6.04 Å². The first-order valence-electron chi connectivity index (χ1n) is 12.8. The number of H-pyrrole nitrogens is 1. The van der Waals surface area contributed by atoms with Crippen LogP contribution in [0.25, 0.3) is 11.0 Å². The number of aryl methyl sites for hydroxylation is 1. The molecule has 1 saturated heterocycles. The number of imidazole rings is 1. The zero-order valence-electron chi connectivity index (χ0n) is 20.9. The number of fused-ring (bicyclic) bond motifs is 1. The maximum Gasteiger partial charge on any atom is 0.326 e. The number of aromatic amines is 1. The van der Waals surface area contributed by atoms with E-state index in [2.05, 4.69) is 95.4 Å². The van der Waals surface area contributed by atoms with Crippen molar-refractivity contribution >= 4 is 11.0 Å². The first-order valence-corrected chi connectivity index (χ1v) is 12.8. The number of benzene rings is 3. The molecule has 3 aromatic carbocycles. The molecule has 2 heterocycles. The van der Waals surface area contributed by atoms with E-state index in [1.807, 2.05) is 16.7 Å². The number of rotatable bonds is 8. The average Bonchev–Trinajstić information content (AvgIpc) is 3.22. The quantitative estimate of drug-likeness (QED) is 0.378. The zero-order chi connectivity index (χ0) is 24.2. The Bertz CT molecular complexity index is 1240. The fourth-order valence-corrected chi connectivity index (χ4v) is 5.56. The van der Waals surface area contributed by atoms with E-state index in [9.17, 15) is 4.79 Å². The summed E-state index contributed by atoms with van der Waals surface area (Å²) in [5, 5.41) is 0. The maximum absolute atomic E-state index is 12.8. The molecule has 0 amide bonds. The Hall–Kier alpha value is -3.15. The summed E-state index contributed by atoms with van der Waals surface area (Å²) in [6.07, 6.45) is 2.01. The minimum atomic E-state index is 0.0259. The first-order chi connectivity index (χ1) is 17.1. The maximum atomic E-state index is 12.8. The van der Waals surface area contributed by atoms with Gasteiger partial charge in [-0.1, -0.05) is 72.8 Å². The Morgan fingerprint density at radius 1 is 0.886 bits per heavy atom. The third-order valence-electron chi connectivity index (χ3n) is 7.46. The van der Waals surface area contributed by atoms with Crippen LogP contribution in [-0.4, -0.2) is 45.0 Å². The smallest absolute Gasteiger partial charge is 0.306 e. The SMILES string of the molecule is Cc1cccc2[nH]c(=O)n(C3CCN(C[C@H](C)N(Cc4ccccc4)Cc4ccccc4)CC3)c12. The summed E-state index contributed by atoms with van der Waals surface area (Å²) in [6, 6.07) is 28.3. The van der Waals surface area contributed by atoms with Crippen LogP contribution in [0.5, 0.6) is 0 Å². The molecule has 1 atom stereocenters. The summed E-state index contributed by atoms with van der Waals surface area (Å²) < 4.78 is 2.02. The van der Waals surface area contributed by atoms with Crippen molar-refractivity contribution in [1.29, 1.82) is 0 Å². The van der Waals surface area contributed by atoms with Gasteiger partial charge in [-0.25, -0.2) is 4.79 Å². The normalized spacial score (nSPS) is 16.2. The van der Waals surface area contributed by atoms with E-state index in [0.717, 1.165) is 62.2 Å². The van der Waals surface area contributed by atoms with E-state index in [1.165, 1.54) is 11.1 Å². The van der Waals surface area contributed by atoms with Crippen molar-refractivity contribution in [3.05, 3.63) is 106 Å². The second-order valence-corrected chi connectivity index (χ2v) is 10.0. The topological polar surface area (TPSA) is 44.3 Å². The molecule has 0 radical (unpaired) electrons. The van der Waals surface area contributed by atoms with Crippen molar-refractivity contribution in [3.63, 3.8) is 0 Å². The van der Waals surface area contributed by atoms with Crippen LogP contribution in [0.4, 0.5) is 0 Å². The van der Waals surface area contributed by atoms with Crippen LogP contribution in [0.3, 0.4) is 0 Å². The molecule has 5 rings (SSSR count). The van der Waals surface area contributed by atoms with Crippen LogP contribution in [-0.2, 0) is 13.1 Å². The molecule has 0 spiro atoms. The van der Waals surface area contributed by atoms with Crippen LogP contribution < -0.4 is 5.69 Å². The third-order valence-corrected chi connectivity index (χ3v) is 7.46. The summed E-state index contributed by atoms with van der Waals surface area (Å²) in [7, 11) is 0. The largest absolute Gasteiger partial charge is 0.326 e. The van der Waals surface area contributed by atoms with Gasteiger partial charge in [0, 0.05) is 44.8 Å². The van der Waals surface area contributed by atoms with E-state index in [4.69, 9.17) is 0 Å². The minimum Gasteiger partial charge on any atom is -0.306 e. The highest BCUT2D eigenvalue weighted by Gasteiger charge is 2.26. The van der Waals surface area contributed by atoms with Crippen molar-refractivity contribution in [2.45, 2.75) is 51.9 Å². The molecule has 182 valence electrons. The number of nitrogens with one attached hydrogen (secondary N) is 1. The van der Waals surface area contributed by atoms with Crippen molar-refractivity contribution in [1.82, 2.24) is 19.4 Å². The lowest BCUT2D eigenvalue weighted by Crippen LogP contribution is -2.45. The molecule has 0 saturated carbocycles. The Morgan fingerprint density at radius 2 is 1.49 bits per heavy atom. The molecule has 35 heavy (non-hydrogen) atoms. The van der Waals surface area contributed by atoms with Gasteiger partial charge in [0.15, 0.2) is 0 Å². The number of nitrogens with zero attached hydrogens (tertiary/aromatic N) is 3. The number of para-hydroxylation sites is 1. The van der Waals surface area contributed by atoms with Gasteiger partial charge in [0.2, 0.25) is 0 Å². The predicted octanol–water partition coefficient (Wildman–Crippen LogP) is 5.37. The lowest BCUT2D eigenvalue weighted by Gasteiger charge is -2.37. The van der Waals surface area contributed by atoms with Gasteiger partial charge in [-0.15, -0.1) is 0 Å². The van der Waals surface area contributed by atoms with Gasteiger partial charge >= 0.3 is 5.69 Å². The molecule has 4 aromatic rings. The average molecular weight is 469 g/mol. The number of aromatic nitrogens is 2. The number of piperidine rings is 1. The molecule has 5 heteroatoms. The first kappa shape index (κ1) is 23.6. The molecule has 1 aromatic heterocycles. The van der Waals surface area contributed by atoms with Crippen LogP contribution in [0.2, 0.25) is 0 Å². The lowest BCUT2D eigenvalue weighted by molar-refractivity contribution is 0.111. The van der Waals surface area contributed by atoms with Gasteiger partial charge in [0.1, 0.15) is 0 Å². The second-order valence-electron chi connectivity index (χ2n) is 10.0. The third kappa shape index (κ3) is 5.42. The van der Waals surface area contributed by atoms with Crippen molar-refractivity contribution in [2.24, 2.45) is 0 Å². The van der Waals surface area contributed by atoms with Crippen LogP contribution >= 0.6 is 0 Å². The molecule has 0 bridgehead atoms. The van der Waals surface area contributed by atoms with Crippen molar-refractivity contribution in [2.75, 3.05) is 19.6 Å². The Morgan fingerprint density at radius 3 is 2.09 bits per heavy atom. The fourth-order valence-electron chi connectivity index (χ4n) is 5.56. The molecule has 1 aliphatic heterocycles.